The summed E-state index contributed by atoms with van der Waals surface area (Å²) in [5, 5.41) is 8.83. The Balaban J connectivity index is 0.000000347. The van der Waals surface area contributed by atoms with Crippen LogP contribution < -0.4 is 65.8 Å². The van der Waals surface area contributed by atoms with Crippen molar-refractivity contribution >= 4 is 47.7 Å². The summed E-state index contributed by atoms with van der Waals surface area (Å²) in [7, 11) is -1.09. The molecule has 0 N–H and O–H groups in total. The van der Waals surface area contributed by atoms with E-state index in [1.54, 1.807) is 0 Å². The summed E-state index contributed by atoms with van der Waals surface area (Å²) in [6.45, 7) is 26.6. The first-order valence-electron chi connectivity index (χ1n) is 17.8. The van der Waals surface area contributed by atoms with Gasteiger partial charge >= 0.3 is 16.8 Å². The Bertz CT molecular complexity index is 1770. The van der Waals surface area contributed by atoms with Crippen molar-refractivity contribution in [2.24, 2.45) is 0 Å². The van der Waals surface area contributed by atoms with Gasteiger partial charge < -0.3 is 34.0 Å². The van der Waals surface area contributed by atoms with Gasteiger partial charge in [0.2, 0.25) is 0 Å². The summed E-state index contributed by atoms with van der Waals surface area (Å²) >= 11 is 0. The van der Waals surface area contributed by atoms with Crippen molar-refractivity contribution in [3.05, 3.63) is 176 Å². The van der Waals surface area contributed by atoms with Crippen molar-refractivity contribution in [3.8, 4) is 0 Å². The van der Waals surface area contributed by atoms with Crippen LogP contribution >= 0.6 is 15.8 Å². The SMILES string of the molecule is Cc1ccc(P(c2ccc(C)cc2C)c2ccc(C)cc2C)c(C)c1.Cc1ccc(P(c2ccc(C)cc2C)c2ccc(C)cc2C)c(C)c1.[Br-].[Br-].[Co+2]. The number of aryl methyl sites for hydroxylation is 12. The number of rotatable bonds is 6. The molecule has 53 heavy (non-hydrogen) atoms. The van der Waals surface area contributed by atoms with Gasteiger partial charge in [-0.1, -0.05) is 143 Å². The minimum atomic E-state index is -0.546. The molecule has 0 aromatic heterocycles. The van der Waals surface area contributed by atoms with Crippen LogP contribution in [0.4, 0.5) is 0 Å². The largest absolute Gasteiger partial charge is 2.00 e. The van der Waals surface area contributed by atoms with Crippen molar-refractivity contribution in [1.29, 1.82) is 0 Å². The molecule has 0 aliphatic heterocycles. The molecule has 279 valence electrons. The van der Waals surface area contributed by atoms with E-state index in [2.05, 4.69) is 192 Å². The van der Waals surface area contributed by atoms with Gasteiger partial charge in [-0.15, -0.1) is 0 Å². The average Bonchev–Trinajstić information content (AvgIpc) is 3.03. The van der Waals surface area contributed by atoms with Crippen LogP contribution in [0, 0.1) is 83.1 Å². The second kappa shape index (κ2) is 20.5. The van der Waals surface area contributed by atoms with E-state index < -0.39 is 15.8 Å². The van der Waals surface area contributed by atoms with Gasteiger partial charge in [-0.2, -0.15) is 0 Å². The molecule has 5 heteroatoms. The third-order valence-electron chi connectivity index (χ3n) is 9.56. The molecule has 0 unspecified atom stereocenters. The molecule has 0 saturated carbocycles. The molecule has 6 aromatic carbocycles. The van der Waals surface area contributed by atoms with E-state index in [4.69, 9.17) is 0 Å². The minimum Gasteiger partial charge on any atom is -1.00 e. The first kappa shape index (κ1) is 46.8. The summed E-state index contributed by atoms with van der Waals surface area (Å²) < 4.78 is 0. The molecular weight excluding hydrogens is 857 g/mol. The standard InChI is InChI=1S/2C24H27P.2BrH.Co/c2*1-16-7-10-22(19(4)13-16)25(23-11-8-17(2)14-20(23)5)24-12-9-18(3)15-21(24)6;;;/h2*7-15H,1-6H3;2*1H;/q;;;;+2/p-2. The van der Waals surface area contributed by atoms with Gasteiger partial charge in [-0.3, -0.25) is 0 Å². The van der Waals surface area contributed by atoms with Gasteiger partial charge in [0.05, 0.1) is 0 Å². The van der Waals surface area contributed by atoms with Crippen molar-refractivity contribution in [2.75, 3.05) is 0 Å². The Morgan fingerprint density at radius 1 is 0.245 bits per heavy atom. The van der Waals surface area contributed by atoms with Crippen molar-refractivity contribution < 1.29 is 50.7 Å². The first-order valence-corrected chi connectivity index (χ1v) is 20.5. The van der Waals surface area contributed by atoms with Crippen LogP contribution in [0.5, 0.6) is 0 Å². The van der Waals surface area contributed by atoms with Crippen LogP contribution in [0.1, 0.15) is 66.8 Å². The minimum absolute atomic E-state index is 0. The fourth-order valence-electron chi connectivity index (χ4n) is 7.12. The molecule has 0 atom stereocenters. The van der Waals surface area contributed by atoms with Crippen LogP contribution in [-0.2, 0) is 16.8 Å². The second-order valence-corrected chi connectivity index (χ2v) is 18.6. The maximum atomic E-state index is 2.34. The van der Waals surface area contributed by atoms with Gasteiger partial charge in [-0.25, -0.2) is 0 Å². The fraction of sp³-hybridized carbons (Fsp3) is 0.250. The van der Waals surface area contributed by atoms with Gasteiger partial charge in [0.15, 0.2) is 0 Å². The smallest absolute Gasteiger partial charge is 1.00 e. The normalized spacial score (nSPS) is 10.5. The quantitative estimate of drug-likeness (QED) is 0.215. The van der Waals surface area contributed by atoms with Crippen LogP contribution in [-0.4, -0.2) is 0 Å². The number of hydrogen-bond donors (Lipinski definition) is 0. The summed E-state index contributed by atoms with van der Waals surface area (Å²) in [5.41, 5.74) is 16.4. The van der Waals surface area contributed by atoms with Crippen molar-refractivity contribution in [2.45, 2.75) is 83.1 Å². The third kappa shape index (κ3) is 11.4. The maximum absolute atomic E-state index is 2.34. The van der Waals surface area contributed by atoms with Gasteiger partial charge in [0.25, 0.3) is 0 Å². The van der Waals surface area contributed by atoms with Crippen LogP contribution in [0.25, 0.3) is 0 Å². The monoisotopic (exact) mass is 909 g/mol. The second-order valence-electron chi connectivity index (χ2n) is 14.4. The molecular formula is C48H54Br2CoP2. The molecule has 1 radical (unpaired) electrons. The van der Waals surface area contributed by atoms with Crippen LogP contribution in [0.3, 0.4) is 0 Å². The van der Waals surface area contributed by atoms with E-state index >= 15 is 0 Å². The Morgan fingerprint density at radius 3 is 0.491 bits per heavy atom. The van der Waals surface area contributed by atoms with Gasteiger partial charge in [0, 0.05) is 0 Å². The molecule has 6 rings (SSSR count). The van der Waals surface area contributed by atoms with E-state index in [1.165, 1.54) is 98.6 Å². The summed E-state index contributed by atoms with van der Waals surface area (Å²) in [6.07, 6.45) is 0. The number of benzene rings is 6. The van der Waals surface area contributed by atoms with E-state index in [0.717, 1.165) is 0 Å². The summed E-state index contributed by atoms with van der Waals surface area (Å²) in [6, 6.07) is 41.5. The van der Waals surface area contributed by atoms with Crippen LogP contribution in [0.15, 0.2) is 109 Å². The Kier molecular flexibility index (Phi) is 18.1. The average molecular weight is 912 g/mol. The number of hydrogen-bond acceptors (Lipinski definition) is 0. The molecule has 6 aromatic rings. The molecule has 0 heterocycles. The Morgan fingerprint density at radius 2 is 0.377 bits per heavy atom. The topological polar surface area (TPSA) is 0 Å². The van der Waals surface area contributed by atoms with Gasteiger partial charge in [-0.05, 0) is 164 Å². The molecule has 0 amide bonds. The first-order chi connectivity index (χ1) is 23.7. The predicted molar refractivity (Wildman–Crippen MR) is 227 cm³/mol. The zero-order valence-electron chi connectivity index (χ0n) is 33.4. The molecule has 0 bridgehead atoms. The Hall–Kier alpha value is -2.35. The molecule has 0 saturated heterocycles. The van der Waals surface area contributed by atoms with Crippen molar-refractivity contribution in [3.63, 3.8) is 0 Å². The van der Waals surface area contributed by atoms with E-state index in [0.29, 0.717) is 0 Å². The molecule has 0 nitrogen and oxygen atoms in total. The van der Waals surface area contributed by atoms with Gasteiger partial charge in [0.1, 0.15) is 0 Å². The Labute approximate surface area is 354 Å². The predicted octanol–water partition coefficient (Wildman–Crippen LogP) is 4.60. The molecule has 0 aliphatic carbocycles. The maximum Gasteiger partial charge on any atom is 2.00 e. The summed E-state index contributed by atoms with van der Waals surface area (Å²) in [5.74, 6) is 0. The van der Waals surface area contributed by atoms with E-state index in [-0.39, 0.29) is 50.7 Å². The fourth-order valence-corrected chi connectivity index (χ4v) is 12.5. The molecule has 0 fully saturated rings. The summed E-state index contributed by atoms with van der Waals surface area (Å²) in [4.78, 5) is 0. The molecule has 0 spiro atoms. The number of halogens is 2. The van der Waals surface area contributed by atoms with E-state index in [1.807, 2.05) is 0 Å². The van der Waals surface area contributed by atoms with Crippen LogP contribution in [0.2, 0.25) is 0 Å². The third-order valence-corrected chi connectivity index (χ3v) is 15.5. The van der Waals surface area contributed by atoms with Crippen molar-refractivity contribution in [1.82, 2.24) is 0 Å². The molecule has 0 aliphatic rings. The zero-order valence-corrected chi connectivity index (χ0v) is 39.4. The van der Waals surface area contributed by atoms with E-state index in [9.17, 15) is 0 Å². The zero-order chi connectivity index (χ0) is 36.3.